The standard InChI is InChI=1S/C20H28N4O/c25-20(21-13-10-18-7-2-1-3-8-18)11-16-23-14-5-4-9-19(23)17-24-15-6-12-22-24/h1-3,6-8,12,15,19H,4-5,9-11,13-14,16-17H2,(H,21,25)/t19-/m0/s1. The normalized spacial score (nSPS) is 18.2. The van der Waals surface area contributed by atoms with Gasteiger partial charge in [-0.05, 0) is 37.4 Å². The molecule has 1 aliphatic heterocycles. The lowest BCUT2D eigenvalue weighted by atomic mass is 10.0. The van der Waals surface area contributed by atoms with Crippen molar-refractivity contribution in [1.29, 1.82) is 0 Å². The zero-order valence-electron chi connectivity index (χ0n) is 14.8. The van der Waals surface area contributed by atoms with Crippen molar-refractivity contribution in [3.8, 4) is 0 Å². The number of aromatic nitrogens is 2. The molecule has 0 bridgehead atoms. The summed E-state index contributed by atoms with van der Waals surface area (Å²) in [5.41, 5.74) is 1.26. The maximum atomic E-state index is 12.1. The fourth-order valence-corrected chi connectivity index (χ4v) is 3.51. The number of rotatable bonds is 8. The summed E-state index contributed by atoms with van der Waals surface area (Å²) in [6.07, 6.45) is 8.99. The number of piperidine rings is 1. The van der Waals surface area contributed by atoms with E-state index < -0.39 is 0 Å². The van der Waals surface area contributed by atoms with Crippen LogP contribution in [-0.4, -0.2) is 46.3 Å². The van der Waals surface area contributed by atoms with Gasteiger partial charge in [0.1, 0.15) is 0 Å². The summed E-state index contributed by atoms with van der Waals surface area (Å²) in [5, 5.41) is 7.37. The minimum Gasteiger partial charge on any atom is -0.356 e. The molecule has 1 aromatic heterocycles. The van der Waals surface area contributed by atoms with Crippen LogP contribution in [-0.2, 0) is 17.8 Å². The summed E-state index contributed by atoms with van der Waals surface area (Å²) in [6.45, 7) is 3.55. The molecule has 1 amide bonds. The second-order valence-electron chi connectivity index (χ2n) is 6.75. The largest absolute Gasteiger partial charge is 0.356 e. The lowest BCUT2D eigenvalue weighted by Gasteiger charge is -2.35. The smallest absolute Gasteiger partial charge is 0.221 e. The number of carbonyl (C=O) groups excluding carboxylic acids is 1. The van der Waals surface area contributed by atoms with Crippen LogP contribution in [0.1, 0.15) is 31.2 Å². The van der Waals surface area contributed by atoms with Crippen LogP contribution in [0.5, 0.6) is 0 Å². The molecule has 1 atom stereocenters. The number of hydrogen-bond acceptors (Lipinski definition) is 3. The fraction of sp³-hybridized carbons (Fsp3) is 0.500. The number of hydrogen-bond donors (Lipinski definition) is 1. The molecular weight excluding hydrogens is 312 g/mol. The Labute approximate surface area is 150 Å². The summed E-state index contributed by atoms with van der Waals surface area (Å²) in [7, 11) is 0. The number of carbonyl (C=O) groups is 1. The molecule has 0 spiro atoms. The van der Waals surface area contributed by atoms with Gasteiger partial charge >= 0.3 is 0 Å². The second kappa shape index (κ2) is 9.37. The third kappa shape index (κ3) is 5.71. The highest BCUT2D eigenvalue weighted by molar-refractivity contribution is 5.76. The molecule has 5 heteroatoms. The molecule has 5 nitrogen and oxygen atoms in total. The summed E-state index contributed by atoms with van der Waals surface area (Å²) in [5.74, 6) is 0.152. The Hall–Kier alpha value is -2.14. The summed E-state index contributed by atoms with van der Waals surface area (Å²) in [6, 6.07) is 12.7. The van der Waals surface area contributed by atoms with E-state index in [0.29, 0.717) is 19.0 Å². The van der Waals surface area contributed by atoms with Crippen LogP contribution < -0.4 is 5.32 Å². The van der Waals surface area contributed by atoms with Crippen molar-refractivity contribution in [2.45, 2.75) is 44.7 Å². The van der Waals surface area contributed by atoms with Crippen molar-refractivity contribution in [1.82, 2.24) is 20.0 Å². The topological polar surface area (TPSA) is 50.2 Å². The Kier molecular flexibility index (Phi) is 6.63. The Morgan fingerprint density at radius 2 is 2.08 bits per heavy atom. The van der Waals surface area contributed by atoms with E-state index in [4.69, 9.17) is 0 Å². The van der Waals surface area contributed by atoms with Crippen molar-refractivity contribution >= 4 is 5.91 Å². The molecule has 2 heterocycles. The highest BCUT2D eigenvalue weighted by Crippen LogP contribution is 2.18. The minimum atomic E-state index is 0.152. The van der Waals surface area contributed by atoms with Crippen LogP contribution in [0.2, 0.25) is 0 Å². The molecule has 1 fully saturated rings. The first-order valence-corrected chi connectivity index (χ1v) is 9.33. The maximum Gasteiger partial charge on any atom is 0.221 e. The third-order valence-corrected chi connectivity index (χ3v) is 4.91. The van der Waals surface area contributed by atoms with Gasteiger partial charge in [0.15, 0.2) is 0 Å². The first kappa shape index (κ1) is 17.7. The van der Waals surface area contributed by atoms with E-state index in [2.05, 4.69) is 27.4 Å². The van der Waals surface area contributed by atoms with Gasteiger partial charge in [-0.3, -0.25) is 14.4 Å². The number of benzene rings is 1. The van der Waals surface area contributed by atoms with E-state index in [9.17, 15) is 4.79 Å². The molecule has 25 heavy (non-hydrogen) atoms. The van der Waals surface area contributed by atoms with E-state index >= 15 is 0 Å². The van der Waals surface area contributed by atoms with Gasteiger partial charge in [0, 0.05) is 37.9 Å². The molecule has 2 aromatic rings. The maximum absolute atomic E-state index is 12.1. The SMILES string of the molecule is O=C(CCN1CCCC[C@H]1Cn1cccn1)NCCc1ccccc1. The zero-order chi connectivity index (χ0) is 17.3. The summed E-state index contributed by atoms with van der Waals surface area (Å²) >= 11 is 0. The van der Waals surface area contributed by atoms with Crippen molar-refractivity contribution < 1.29 is 4.79 Å². The highest BCUT2D eigenvalue weighted by atomic mass is 16.1. The predicted molar refractivity (Wildman–Crippen MR) is 99.2 cm³/mol. The zero-order valence-corrected chi connectivity index (χ0v) is 14.8. The molecule has 3 rings (SSSR count). The molecule has 0 aliphatic carbocycles. The van der Waals surface area contributed by atoms with Gasteiger partial charge in [0.2, 0.25) is 5.91 Å². The molecule has 1 aliphatic rings. The fourth-order valence-electron chi connectivity index (χ4n) is 3.51. The van der Waals surface area contributed by atoms with Gasteiger partial charge in [-0.2, -0.15) is 5.10 Å². The molecule has 134 valence electrons. The second-order valence-corrected chi connectivity index (χ2v) is 6.75. The summed E-state index contributed by atoms with van der Waals surface area (Å²) in [4.78, 5) is 14.6. The van der Waals surface area contributed by atoms with Crippen molar-refractivity contribution in [2.24, 2.45) is 0 Å². The van der Waals surface area contributed by atoms with Gasteiger partial charge in [-0.15, -0.1) is 0 Å². The Balaban J connectivity index is 1.39. The van der Waals surface area contributed by atoms with E-state index in [-0.39, 0.29) is 5.91 Å². The molecular formula is C20H28N4O. The number of nitrogens with zero attached hydrogens (tertiary/aromatic N) is 3. The molecule has 0 radical (unpaired) electrons. The van der Waals surface area contributed by atoms with Crippen LogP contribution >= 0.6 is 0 Å². The van der Waals surface area contributed by atoms with Crippen molar-refractivity contribution in [3.05, 3.63) is 54.4 Å². The van der Waals surface area contributed by atoms with Gasteiger partial charge in [0.05, 0.1) is 6.54 Å². The molecule has 0 saturated carbocycles. The molecule has 1 aromatic carbocycles. The first-order chi connectivity index (χ1) is 12.3. The summed E-state index contributed by atoms with van der Waals surface area (Å²) < 4.78 is 2.00. The lowest BCUT2D eigenvalue weighted by molar-refractivity contribution is -0.121. The van der Waals surface area contributed by atoms with Gasteiger partial charge in [-0.25, -0.2) is 0 Å². The average Bonchev–Trinajstić information content (AvgIpc) is 3.15. The monoisotopic (exact) mass is 340 g/mol. The van der Waals surface area contributed by atoms with E-state index in [1.165, 1.54) is 24.8 Å². The van der Waals surface area contributed by atoms with Crippen LogP contribution in [0.25, 0.3) is 0 Å². The third-order valence-electron chi connectivity index (χ3n) is 4.91. The Morgan fingerprint density at radius 3 is 2.88 bits per heavy atom. The lowest BCUT2D eigenvalue weighted by Crippen LogP contribution is -2.44. The van der Waals surface area contributed by atoms with E-state index in [0.717, 1.165) is 26.1 Å². The molecule has 1 saturated heterocycles. The predicted octanol–water partition coefficient (Wildman–Crippen LogP) is 2.49. The van der Waals surface area contributed by atoms with E-state index in [1.807, 2.05) is 41.3 Å². The van der Waals surface area contributed by atoms with Gasteiger partial charge < -0.3 is 5.32 Å². The number of amides is 1. The number of likely N-dealkylation sites (tertiary alicyclic amines) is 1. The van der Waals surface area contributed by atoms with Crippen molar-refractivity contribution in [2.75, 3.05) is 19.6 Å². The molecule has 0 unspecified atom stereocenters. The Bertz CT molecular complexity index is 626. The van der Waals surface area contributed by atoms with E-state index in [1.54, 1.807) is 0 Å². The van der Waals surface area contributed by atoms with Crippen LogP contribution in [0, 0.1) is 0 Å². The van der Waals surface area contributed by atoms with Crippen molar-refractivity contribution in [3.63, 3.8) is 0 Å². The molecule has 1 N–H and O–H groups in total. The Morgan fingerprint density at radius 1 is 1.20 bits per heavy atom. The highest BCUT2D eigenvalue weighted by Gasteiger charge is 2.23. The minimum absolute atomic E-state index is 0.152. The average molecular weight is 340 g/mol. The van der Waals surface area contributed by atoms with Gasteiger partial charge in [0.25, 0.3) is 0 Å². The van der Waals surface area contributed by atoms with Crippen LogP contribution in [0.4, 0.5) is 0 Å². The van der Waals surface area contributed by atoms with Crippen LogP contribution in [0.3, 0.4) is 0 Å². The quantitative estimate of drug-likeness (QED) is 0.803. The first-order valence-electron chi connectivity index (χ1n) is 9.33. The van der Waals surface area contributed by atoms with Crippen LogP contribution in [0.15, 0.2) is 48.8 Å². The van der Waals surface area contributed by atoms with Gasteiger partial charge in [-0.1, -0.05) is 36.8 Å². The number of nitrogens with one attached hydrogen (secondary N) is 1.